The molecule has 13 heavy (non-hydrogen) atoms. The smallest absolute Gasteiger partial charge is 0.152 e. The molecule has 0 saturated heterocycles. The lowest BCUT2D eigenvalue weighted by Gasteiger charge is -2.06. The highest BCUT2D eigenvalue weighted by Crippen LogP contribution is 2.06. The lowest BCUT2D eigenvalue weighted by molar-refractivity contribution is 0.234. The normalized spacial score (nSPS) is 11.5. The Hall–Kier alpha value is -1.35. The maximum absolute atomic E-state index is 8.85. The van der Waals surface area contributed by atoms with Gasteiger partial charge in [0.05, 0.1) is 0 Å². The van der Waals surface area contributed by atoms with E-state index in [9.17, 15) is 0 Å². The Morgan fingerprint density at radius 1 is 1.46 bits per heavy atom. The molecule has 0 amide bonds. The second-order valence-electron chi connectivity index (χ2n) is 2.75. The van der Waals surface area contributed by atoms with Gasteiger partial charge in [0.1, 0.15) is 0 Å². The van der Waals surface area contributed by atoms with E-state index in [1.54, 1.807) is 0 Å². The standard InChI is InChI=1S/C10H14N2O/c1-3-11-10(12-13)9-7-5-4-6-8(9)2/h4-7,13H,3H2,1-2H3,(H,11,12). The van der Waals surface area contributed by atoms with Gasteiger partial charge in [-0.05, 0) is 19.4 Å². The molecule has 0 unspecified atom stereocenters. The van der Waals surface area contributed by atoms with Gasteiger partial charge >= 0.3 is 0 Å². The third-order valence-corrected chi connectivity index (χ3v) is 1.82. The first kappa shape index (κ1) is 9.74. The van der Waals surface area contributed by atoms with Crippen molar-refractivity contribution >= 4 is 5.84 Å². The van der Waals surface area contributed by atoms with Gasteiger partial charge in [-0.25, -0.2) is 0 Å². The number of hydrogen-bond donors (Lipinski definition) is 2. The monoisotopic (exact) mass is 178 g/mol. The number of hydroxylamine groups is 1. The van der Waals surface area contributed by atoms with Crippen LogP contribution in [0.15, 0.2) is 29.3 Å². The van der Waals surface area contributed by atoms with Crippen LogP contribution in [0.2, 0.25) is 0 Å². The summed E-state index contributed by atoms with van der Waals surface area (Å²) in [6.45, 7) is 4.56. The maximum Gasteiger partial charge on any atom is 0.152 e. The number of benzene rings is 1. The molecule has 0 heterocycles. The number of aryl methyl sites for hydroxylation is 1. The first-order valence-corrected chi connectivity index (χ1v) is 4.30. The van der Waals surface area contributed by atoms with Crippen LogP contribution in [0.25, 0.3) is 0 Å². The summed E-state index contributed by atoms with van der Waals surface area (Å²) in [6, 6.07) is 7.79. The lowest BCUT2D eigenvalue weighted by atomic mass is 10.1. The van der Waals surface area contributed by atoms with E-state index >= 15 is 0 Å². The van der Waals surface area contributed by atoms with Crippen LogP contribution in [-0.2, 0) is 0 Å². The van der Waals surface area contributed by atoms with Crippen molar-refractivity contribution in [3.05, 3.63) is 35.4 Å². The van der Waals surface area contributed by atoms with Crippen molar-refractivity contribution < 1.29 is 5.21 Å². The Morgan fingerprint density at radius 3 is 2.69 bits per heavy atom. The zero-order valence-corrected chi connectivity index (χ0v) is 7.91. The van der Waals surface area contributed by atoms with Crippen LogP contribution in [0.5, 0.6) is 0 Å². The second kappa shape index (κ2) is 4.62. The van der Waals surface area contributed by atoms with E-state index in [1.807, 2.05) is 38.1 Å². The van der Waals surface area contributed by atoms with Gasteiger partial charge in [0.2, 0.25) is 0 Å². The fourth-order valence-electron chi connectivity index (χ4n) is 1.18. The summed E-state index contributed by atoms with van der Waals surface area (Å²) in [5, 5.41) is 8.85. The van der Waals surface area contributed by atoms with Gasteiger partial charge in [0.25, 0.3) is 0 Å². The maximum atomic E-state index is 8.85. The Bertz CT molecular complexity index is 308. The van der Waals surface area contributed by atoms with Crippen LogP contribution in [0.4, 0.5) is 0 Å². The predicted octanol–water partition coefficient (Wildman–Crippen LogP) is 1.74. The Morgan fingerprint density at radius 2 is 2.15 bits per heavy atom. The zero-order chi connectivity index (χ0) is 9.68. The topological polar surface area (TPSA) is 44.6 Å². The molecule has 0 aliphatic rings. The largest absolute Gasteiger partial charge is 0.290 e. The lowest BCUT2D eigenvalue weighted by Crippen LogP contribution is -2.21. The van der Waals surface area contributed by atoms with E-state index in [-0.39, 0.29) is 0 Å². The summed E-state index contributed by atoms with van der Waals surface area (Å²) in [5.74, 6) is 0.528. The van der Waals surface area contributed by atoms with Crippen LogP contribution < -0.4 is 5.48 Å². The zero-order valence-electron chi connectivity index (χ0n) is 7.91. The summed E-state index contributed by atoms with van der Waals surface area (Å²) in [6.07, 6.45) is 0. The molecule has 0 radical (unpaired) electrons. The van der Waals surface area contributed by atoms with Crippen molar-refractivity contribution in [1.82, 2.24) is 5.48 Å². The van der Waals surface area contributed by atoms with E-state index in [0.29, 0.717) is 12.4 Å². The highest BCUT2D eigenvalue weighted by atomic mass is 16.5. The summed E-state index contributed by atoms with van der Waals surface area (Å²) in [4.78, 5) is 4.13. The molecule has 0 spiro atoms. The molecule has 0 saturated carbocycles. The van der Waals surface area contributed by atoms with Crippen LogP contribution in [0.3, 0.4) is 0 Å². The average molecular weight is 178 g/mol. The van der Waals surface area contributed by atoms with Crippen LogP contribution in [0, 0.1) is 6.92 Å². The fourth-order valence-corrected chi connectivity index (χ4v) is 1.18. The number of nitrogens with zero attached hydrogens (tertiary/aromatic N) is 1. The third kappa shape index (κ3) is 2.29. The Kier molecular flexibility index (Phi) is 3.46. The van der Waals surface area contributed by atoms with Gasteiger partial charge in [0, 0.05) is 12.1 Å². The average Bonchev–Trinajstić information content (AvgIpc) is 2.16. The molecule has 0 fully saturated rings. The molecule has 1 aromatic rings. The van der Waals surface area contributed by atoms with Crippen LogP contribution >= 0.6 is 0 Å². The minimum absolute atomic E-state index is 0.528. The molecule has 0 bridgehead atoms. The van der Waals surface area contributed by atoms with E-state index in [0.717, 1.165) is 11.1 Å². The van der Waals surface area contributed by atoms with Gasteiger partial charge in [-0.15, -0.1) is 0 Å². The van der Waals surface area contributed by atoms with Crippen molar-refractivity contribution in [2.45, 2.75) is 13.8 Å². The molecule has 70 valence electrons. The van der Waals surface area contributed by atoms with E-state index in [1.165, 1.54) is 0 Å². The molecule has 3 heteroatoms. The molecule has 2 N–H and O–H groups in total. The van der Waals surface area contributed by atoms with Crippen molar-refractivity contribution in [2.75, 3.05) is 6.54 Å². The van der Waals surface area contributed by atoms with Crippen molar-refractivity contribution in [2.24, 2.45) is 4.99 Å². The minimum atomic E-state index is 0.528. The highest BCUT2D eigenvalue weighted by Gasteiger charge is 2.03. The second-order valence-corrected chi connectivity index (χ2v) is 2.75. The quantitative estimate of drug-likeness (QED) is 0.411. The Labute approximate surface area is 78.1 Å². The third-order valence-electron chi connectivity index (χ3n) is 1.82. The van der Waals surface area contributed by atoms with Crippen molar-refractivity contribution in [3.63, 3.8) is 0 Å². The number of rotatable bonds is 2. The molecular formula is C10H14N2O. The number of hydrogen-bond acceptors (Lipinski definition) is 2. The van der Waals surface area contributed by atoms with Gasteiger partial charge in [0.15, 0.2) is 5.84 Å². The van der Waals surface area contributed by atoms with Crippen LogP contribution in [-0.4, -0.2) is 17.6 Å². The molecule has 3 nitrogen and oxygen atoms in total. The molecule has 0 aliphatic carbocycles. The van der Waals surface area contributed by atoms with E-state index in [4.69, 9.17) is 5.21 Å². The summed E-state index contributed by atoms with van der Waals surface area (Å²) in [5.41, 5.74) is 4.14. The SMILES string of the molecule is CCN=C(NO)c1ccccc1C. The van der Waals surface area contributed by atoms with Gasteiger partial charge < -0.3 is 0 Å². The fraction of sp³-hybridized carbons (Fsp3) is 0.300. The summed E-state index contributed by atoms with van der Waals surface area (Å²) >= 11 is 0. The van der Waals surface area contributed by atoms with Gasteiger partial charge in [-0.2, -0.15) is 0 Å². The molecule has 1 rings (SSSR count). The Balaban J connectivity index is 3.05. The number of amidine groups is 1. The van der Waals surface area contributed by atoms with Gasteiger partial charge in [-0.3, -0.25) is 15.7 Å². The highest BCUT2D eigenvalue weighted by molar-refractivity contribution is 5.99. The molecule has 0 atom stereocenters. The summed E-state index contributed by atoms with van der Waals surface area (Å²) in [7, 11) is 0. The van der Waals surface area contributed by atoms with Crippen molar-refractivity contribution in [1.29, 1.82) is 0 Å². The minimum Gasteiger partial charge on any atom is -0.290 e. The number of aliphatic imine (C=N–C) groups is 1. The van der Waals surface area contributed by atoms with E-state index < -0.39 is 0 Å². The molecule has 1 aromatic carbocycles. The summed E-state index contributed by atoms with van der Waals surface area (Å²) < 4.78 is 0. The predicted molar refractivity (Wildman–Crippen MR) is 53.2 cm³/mol. The van der Waals surface area contributed by atoms with E-state index in [2.05, 4.69) is 10.5 Å². The van der Waals surface area contributed by atoms with Crippen molar-refractivity contribution in [3.8, 4) is 0 Å². The van der Waals surface area contributed by atoms with Crippen LogP contribution in [0.1, 0.15) is 18.1 Å². The first-order chi connectivity index (χ1) is 6.29. The van der Waals surface area contributed by atoms with Gasteiger partial charge in [-0.1, -0.05) is 24.3 Å². The molecular weight excluding hydrogens is 164 g/mol. The molecule has 0 aliphatic heterocycles. The molecule has 0 aromatic heterocycles. The number of nitrogens with one attached hydrogen (secondary N) is 1. The first-order valence-electron chi connectivity index (χ1n) is 4.30.